The molecule has 0 saturated carbocycles. The van der Waals surface area contributed by atoms with Gasteiger partial charge in [-0.2, -0.15) is 0 Å². The molecule has 2 heteroatoms. The second-order valence-corrected chi connectivity index (χ2v) is 4.08. The Hall–Kier alpha value is -0.0800. The minimum Gasteiger partial charge on any atom is -0.330 e. The van der Waals surface area contributed by atoms with Gasteiger partial charge in [-0.25, -0.2) is 0 Å². The Balaban J connectivity index is 1.94. The van der Waals surface area contributed by atoms with Gasteiger partial charge in [-0.1, -0.05) is 0 Å². The number of nitrogens with zero attached hydrogens (tertiary/aromatic N) is 1. The van der Waals surface area contributed by atoms with E-state index in [2.05, 4.69) is 4.90 Å². The van der Waals surface area contributed by atoms with Crippen LogP contribution in [-0.4, -0.2) is 31.1 Å². The highest BCUT2D eigenvalue weighted by Gasteiger charge is 2.28. The molecule has 11 heavy (non-hydrogen) atoms. The Labute approximate surface area is 68.7 Å². The highest BCUT2D eigenvalue weighted by Crippen LogP contribution is 2.28. The van der Waals surface area contributed by atoms with E-state index in [4.69, 9.17) is 5.73 Å². The van der Waals surface area contributed by atoms with Gasteiger partial charge >= 0.3 is 0 Å². The monoisotopic (exact) mass is 154 g/mol. The van der Waals surface area contributed by atoms with Gasteiger partial charge in [0, 0.05) is 6.54 Å². The van der Waals surface area contributed by atoms with Gasteiger partial charge in [0.1, 0.15) is 0 Å². The van der Waals surface area contributed by atoms with Crippen molar-refractivity contribution >= 4 is 0 Å². The van der Waals surface area contributed by atoms with E-state index in [0.29, 0.717) is 0 Å². The van der Waals surface area contributed by atoms with Crippen LogP contribution in [0.25, 0.3) is 0 Å². The zero-order valence-electron chi connectivity index (χ0n) is 7.13. The lowest BCUT2D eigenvalue weighted by Crippen LogP contribution is -2.22. The predicted octanol–water partition coefficient (Wildman–Crippen LogP) is 0.677. The third-order valence-corrected chi connectivity index (χ3v) is 3.22. The van der Waals surface area contributed by atoms with Crippen LogP contribution >= 0.6 is 0 Å². The molecule has 0 spiro atoms. The van der Waals surface area contributed by atoms with Gasteiger partial charge in [0.25, 0.3) is 0 Å². The van der Waals surface area contributed by atoms with Crippen molar-refractivity contribution in [3.63, 3.8) is 0 Å². The first-order valence-electron chi connectivity index (χ1n) is 4.81. The average Bonchev–Trinajstić information content (AvgIpc) is 2.31. The SMILES string of the molecule is NCC1CCN2CCC(C1)C2. The maximum atomic E-state index is 5.69. The molecular weight excluding hydrogens is 136 g/mol. The Bertz CT molecular complexity index is 136. The van der Waals surface area contributed by atoms with Gasteiger partial charge in [0.15, 0.2) is 0 Å². The van der Waals surface area contributed by atoms with E-state index in [-0.39, 0.29) is 0 Å². The summed E-state index contributed by atoms with van der Waals surface area (Å²) in [6.45, 7) is 4.92. The minimum atomic E-state index is 0.824. The third kappa shape index (κ3) is 1.57. The highest BCUT2D eigenvalue weighted by molar-refractivity contribution is 4.82. The average molecular weight is 154 g/mol. The van der Waals surface area contributed by atoms with Crippen LogP contribution in [-0.2, 0) is 0 Å². The first kappa shape index (κ1) is 7.56. The molecule has 0 aromatic carbocycles. The molecule has 3 atom stereocenters. The zero-order valence-corrected chi connectivity index (χ0v) is 7.13. The quantitative estimate of drug-likeness (QED) is 0.601. The Kier molecular flexibility index (Phi) is 2.14. The molecule has 2 bridgehead atoms. The molecule has 2 rings (SSSR count). The van der Waals surface area contributed by atoms with Crippen LogP contribution in [0.4, 0.5) is 0 Å². The molecular formula is C9H18N2. The second-order valence-electron chi connectivity index (χ2n) is 4.08. The molecule has 2 aliphatic rings. The summed E-state index contributed by atoms with van der Waals surface area (Å²) in [5, 5.41) is 0. The summed E-state index contributed by atoms with van der Waals surface area (Å²) >= 11 is 0. The Morgan fingerprint density at radius 1 is 1.27 bits per heavy atom. The van der Waals surface area contributed by atoms with Crippen molar-refractivity contribution in [3.05, 3.63) is 0 Å². The van der Waals surface area contributed by atoms with Gasteiger partial charge in [-0.05, 0) is 50.7 Å². The molecule has 0 aromatic heterocycles. The van der Waals surface area contributed by atoms with Crippen molar-refractivity contribution in [2.75, 3.05) is 26.2 Å². The summed E-state index contributed by atoms with van der Waals surface area (Å²) in [6, 6.07) is 0. The molecule has 2 aliphatic heterocycles. The molecule has 3 unspecified atom stereocenters. The molecule has 2 fully saturated rings. The standard InChI is InChI=1S/C9H18N2/c10-6-8-1-3-11-4-2-9(5-8)7-11/h8-9H,1-7,10H2. The lowest BCUT2D eigenvalue weighted by molar-refractivity contribution is 0.321. The van der Waals surface area contributed by atoms with Gasteiger partial charge < -0.3 is 10.6 Å². The normalized spacial score (nSPS) is 43.9. The van der Waals surface area contributed by atoms with Crippen LogP contribution < -0.4 is 5.73 Å². The first-order chi connectivity index (χ1) is 5.38. The number of rotatable bonds is 1. The fraction of sp³-hybridized carbons (Fsp3) is 1.00. The van der Waals surface area contributed by atoms with E-state index in [1.165, 1.54) is 38.9 Å². The molecule has 0 amide bonds. The molecule has 0 radical (unpaired) electrons. The van der Waals surface area contributed by atoms with Crippen molar-refractivity contribution < 1.29 is 0 Å². The van der Waals surface area contributed by atoms with E-state index in [9.17, 15) is 0 Å². The van der Waals surface area contributed by atoms with E-state index in [0.717, 1.165) is 18.4 Å². The van der Waals surface area contributed by atoms with Crippen molar-refractivity contribution in [1.29, 1.82) is 0 Å². The smallest absolute Gasteiger partial charge is 0.00102 e. The molecule has 0 aliphatic carbocycles. The van der Waals surface area contributed by atoms with Crippen LogP contribution in [0.1, 0.15) is 19.3 Å². The van der Waals surface area contributed by atoms with Gasteiger partial charge in [0.2, 0.25) is 0 Å². The summed E-state index contributed by atoms with van der Waals surface area (Å²) in [7, 11) is 0. The summed E-state index contributed by atoms with van der Waals surface area (Å²) in [4.78, 5) is 2.60. The predicted molar refractivity (Wildman–Crippen MR) is 46.3 cm³/mol. The van der Waals surface area contributed by atoms with E-state index in [1.807, 2.05) is 0 Å². The summed E-state index contributed by atoms with van der Waals surface area (Å²) in [6.07, 6.45) is 4.16. The highest BCUT2D eigenvalue weighted by atomic mass is 15.1. The fourth-order valence-electron chi connectivity index (χ4n) is 2.48. The molecule has 2 heterocycles. The van der Waals surface area contributed by atoms with Gasteiger partial charge in [-0.15, -0.1) is 0 Å². The van der Waals surface area contributed by atoms with E-state index in [1.54, 1.807) is 0 Å². The molecule has 0 aromatic rings. The molecule has 2 nitrogen and oxygen atoms in total. The van der Waals surface area contributed by atoms with Gasteiger partial charge in [0.05, 0.1) is 0 Å². The van der Waals surface area contributed by atoms with Crippen LogP contribution in [0.3, 0.4) is 0 Å². The lowest BCUT2D eigenvalue weighted by Gasteiger charge is -2.17. The Morgan fingerprint density at radius 3 is 2.91 bits per heavy atom. The van der Waals surface area contributed by atoms with Gasteiger partial charge in [-0.3, -0.25) is 0 Å². The molecule has 64 valence electrons. The van der Waals surface area contributed by atoms with Crippen LogP contribution in [0, 0.1) is 11.8 Å². The lowest BCUT2D eigenvalue weighted by atomic mass is 9.92. The van der Waals surface area contributed by atoms with Crippen molar-refractivity contribution in [1.82, 2.24) is 4.90 Å². The Morgan fingerprint density at radius 2 is 2.09 bits per heavy atom. The maximum Gasteiger partial charge on any atom is 0.00102 e. The zero-order chi connectivity index (χ0) is 7.68. The topological polar surface area (TPSA) is 29.3 Å². The van der Waals surface area contributed by atoms with E-state index >= 15 is 0 Å². The second kappa shape index (κ2) is 3.11. The number of hydrogen-bond donors (Lipinski definition) is 1. The van der Waals surface area contributed by atoms with Crippen LogP contribution in [0.2, 0.25) is 0 Å². The van der Waals surface area contributed by atoms with Crippen molar-refractivity contribution in [2.24, 2.45) is 17.6 Å². The number of nitrogens with two attached hydrogens (primary N) is 1. The largest absolute Gasteiger partial charge is 0.330 e. The first-order valence-corrected chi connectivity index (χ1v) is 4.81. The van der Waals surface area contributed by atoms with Crippen LogP contribution in [0.15, 0.2) is 0 Å². The molecule has 2 saturated heterocycles. The van der Waals surface area contributed by atoms with E-state index < -0.39 is 0 Å². The summed E-state index contributed by atoms with van der Waals surface area (Å²) in [5.74, 6) is 1.80. The fourth-order valence-corrected chi connectivity index (χ4v) is 2.48. The minimum absolute atomic E-state index is 0.824. The molecule has 2 N–H and O–H groups in total. The summed E-state index contributed by atoms with van der Waals surface area (Å²) in [5.41, 5.74) is 5.69. The number of hydrogen-bond acceptors (Lipinski definition) is 2. The maximum absolute atomic E-state index is 5.69. The van der Waals surface area contributed by atoms with Crippen LogP contribution in [0.5, 0.6) is 0 Å². The van der Waals surface area contributed by atoms with Crippen molar-refractivity contribution in [3.8, 4) is 0 Å². The third-order valence-electron chi connectivity index (χ3n) is 3.22. The summed E-state index contributed by atoms with van der Waals surface area (Å²) < 4.78 is 0. The van der Waals surface area contributed by atoms with Crippen molar-refractivity contribution in [2.45, 2.75) is 19.3 Å². The number of fused-ring (bicyclic) bond motifs is 2.